The fourth-order valence-corrected chi connectivity index (χ4v) is 4.66. The molecule has 1 aliphatic carbocycles. The minimum absolute atomic E-state index is 0.151. The van der Waals surface area contributed by atoms with Gasteiger partial charge in [0.15, 0.2) is 0 Å². The number of benzene rings is 1. The first-order chi connectivity index (χ1) is 12.2. The zero-order valence-electron chi connectivity index (χ0n) is 14.5. The van der Waals surface area contributed by atoms with Crippen molar-refractivity contribution >= 4 is 16.7 Å². The highest BCUT2D eigenvalue weighted by atomic mass is 16.2. The number of rotatable bonds is 3. The van der Waals surface area contributed by atoms with Crippen molar-refractivity contribution in [1.82, 2.24) is 15.1 Å². The van der Waals surface area contributed by atoms with E-state index in [2.05, 4.69) is 15.1 Å². The first kappa shape index (κ1) is 16.3. The molecule has 132 valence electrons. The number of amides is 1. The minimum atomic E-state index is -0.201. The molecule has 5 heteroatoms. The SMILES string of the molecule is O=C(Cc1n[nH]c(=O)c2ccccc12)N1CCC[C@H]1C1CCCCC1. The van der Waals surface area contributed by atoms with Crippen molar-refractivity contribution in [3.8, 4) is 0 Å². The fraction of sp³-hybridized carbons (Fsp3) is 0.550. The molecule has 1 saturated heterocycles. The van der Waals surface area contributed by atoms with Gasteiger partial charge in [0.2, 0.25) is 5.91 Å². The maximum Gasteiger partial charge on any atom is 0.272 e. The van der Waals surface area contributed by atoms with E-state index in [1.807, 2.05) is 18.2 Å². The van der Waals surface area contributed by atoms with Crippen molar-refractivity contribution in [2.45, 2.75) is 57.4 Å². The molecule has 0 bridgehead atoms. The second-order valence-electron chi connectivity index (χ2n) is 7.42. The Labute approximate surface area is 147 Å². The van der Waals surface area contributed by atoms with Crippen LogP contribution in [-0.4, -0.2) is 33.6 Å². The normalized spacial score (nSPS) is 21.8. The summed E-state index contributed by atoms with van der Waals surface area (Å²) in [6.07, 6.45) is 8.96. The summed E-state index contributed by atoms with van der Waals surface area (Å²) in [4.78, 5) is 27.0. The summed E-state index contributed by atoms with van der Waals surface area (Å²) in [5.74, 6) is 0.818. The van der Waals surface area contributed by atoms with Crippen molar-refractivity contribution < 1.29 is 4.79 Å². The molecule has 1 saturated carbocycles. The third-order valence-corrected chi connectivity index (χ3v) is 5.91. The third-order valence-electron chi connectivity index (χ3n) is 5.91. The van der Waals surface area contributed by atoms with Gasteiger partial charge < -0.3 is 4.90 Å². The van der Waals surface area contributed by atoms with E-state index in [0.717, 1.165) is 24.8 Å². The lowest BCUT2D eigenvalue weighted by Gasteiger charge is -2.34. The second kappa shape index (κ2) is 6.98. The molecule has 2 fully saturated rings. The van der Waals surface area contributed by atoms with Gasteiger partial charge in [-0.05, 0) is 37.7 Å². The summed E-state index contributed by atoms with van der Waals surface area (Å²) in [6, 6.07) is 7.79. The molecular weight excluding hydrogens is 314 g/mol. The van der Waals surface area contributed by atoms with Crippen LogP contribution in [0.15, 0.2) is 29.1 Å². The highest BCUT2D eigenvalue weighted by Crippen LogP contribution is 2.34. The van der Waals surface area contributed by atoms with Crippen LogP contribution in [0.25, 0.3) is 10.8 Å². The Morgan fingerprint density at radius 2 is 1.84 bits per heavy atom. The summed E-state index contributed by atoms with van der Waals surface area (Å²) >= 11 is 0. The Balaban J connectivity index is 1.55. The van der Waals surface area contributed by atoms with Gasteiger partial charge in [-0.3, -0.25) is 9.59 Å². The number of nitrogens with zero attached hydrogens (tertiary/aromatic N) is 2. The van der Waals surface area contributed by atoms with Gasteiger partial charge in [0, 0.05) is 18.0 Å². The van der Waals surface area contributed by atoms with E-state index in [0.29, 0.717) is 23.0 Å². The number of likely N-dealkylation sites (tertiary alicyclic amines) is 1. The van der Waals surface area contributed by atoms with Crippen molar-refractivity contribution in [2.75, 3.05) is 6.54 Å². The lowest BCUT2D eigenvalue weighted by Crippen LogP contribution is -2.41. The average Bonchev–Trinajstić information content (AvgIpc) is 3.15. The van der Waals surface area contributed by atoms with Crippen LogP contribution in [-0.2, 0) is 11.2 Å². The summed E-state index contributed by atoms with van der Waals surface area (Å²) in [7, 11) is 0. The number of H-pyrrole nitrogens is 1. The Morgan fingerprint density at radius 3 is 2.64 bits per heavy atom. The van der Waals surface area contributed by atoms with E-state index in [-0.39, 0.29) is 17.9 Å². The molecule has 1 aromatic carbocycles. The summed E-state index contributed by atoms with van der Waals surface area (Å²) in [5, 5.41) is 8.10. The molecule has 2 heterocycles. The van der Waals surface area contributed by atoms with E-state index in [1.165, 1.54) is 32.1 Å². The van der Waals surface area contributed by atoms with Crippen LogP contribution in [0.5, 0.6) is 0 Å². The number of hydrogen-bond acceptors (Lipinski definition) is 3. The second-order valence-corrected chi connectivity index (χ2v) is 7.42. The molecule has 2 aromatic rings. The molecule has 1 amide bonds. The van der Waals surface area contributed by atoms with Crippen LogP contribution < -0.4 is 5.56 Å². The van der Waals surface area contributed by atoms with Crippen molar-refractivity contribution in [3.63, 3.8) is 0 Å². The zero-order chi connectivity index (χ0) is 17.2. The number of carbonyl (C=O) groups excluding carboxylic acids is 1. The summed E-state index contributed by atoms with van der Waals surface area (Å²) in [6.45, 7) is 0.862. The lowest BCUT2D eigenvalue weighted by molar-refractivity contribution is -0.132. The molecule has 0 unspecified atom stereocenters. The third kappa shape index (κ3) is 3.20. The highest BCUT2D eigenvalue weighted by Gasteiger charge is 2.35. The number of aromatic nitrogens is 2. The molecule has 25 heavy (non-hydrogen) atoms. The standard InChI is InChI=1S/C20H25N3O2/c24-19(23-12-6-11-18(23)14-7-2-1-3-8-14)13-17-15-9-4-5-10-16(15)20(25)22-21-17/h4-5,9-10,14,18H,1-3,6-8,11-13H2,(H,22,25)/t18-/m0/s1. The number of aromatic amines is 1. The van der Waals surface area contributed by atoms with E-state index in [4.69, 9.17) is 0 Å². The largest absolute Gasteiger partial charge is 0.339 e. The number of hydrogen-bond donors (Lipinski definition) is 1. The molecule has 1 N–H and O–H groups in total. The van der Waals surface area contributed by atoms with Gasteiger partial charge >= 0.3 is 0 Å². The van der Waals surface area contributed by atoms with Gasteiger partial charge in [0.05, 0.1) is 17.5 Å². The number of carbonyl (C=O) groups is 1. The van der Waals surface area contributed by atoms with E-state index in [9.17, 15) is 9.59 Å². The topological polar surface area (TPSA) is 66.1 Å². The Morgan fingerprint density at radius 1 is 1.08 bits per heavy atom. The van der Waals surface area contributed by atoms with Crippen molar-refractivity contribution in [1.29, 1.82) is 0 Å². The smallest absolute Gasteiger partial charge is 0.272 e. The van der Waals surface area contributed by atoms with E-state index >= 15 is 0 Å². The quantitative estimate of drug-likeness (QED) is 0.935. The Kier molecular flexibility index (Phi) is 4.55. The molecule has 1 atom stereocenters. The van der Waals surface area contributed by atoms with Crippen LogP contribution in [0.2, 0.25) is 0 Å². The molecule has 1 aliphatic heterocycles. The van der Waals surface area contributed by atoms with Crippen LogP contribution in [0.4, 0.5) is 0 Å². The van der Waals surface area contributed by atoms with Crippen LogP contribution in [0, 0.1) is 5.92 Å². The summed E-state index contributed by atoms with van der Waals surface area (Å²) < 4.78 is 0. The van der Waals surface area contributed by atoms with Crippen LogP contribution in [0.3, 0.4) is 0 Å². The Hall–Kier alpha value is -2.17. The van der Waals surface area contributed by atoms with Crippen LogP contribution >= 0.6 is 0 Å². The van der Waals surface area contributed by atoms with Gasteiger partial charge in [0.1, 0.15) is 0 Å². The van der Waals surface area contributed by atoms with E-state index < -0.39 is 0 Å². The summed E-state index contributed by atoms with van der Waals surface area (Å²) in [5.41, 5.74) is 0.475. The van der Waals surface area contributed by atoms with E-state index in [1.54, 1.807) is 6.07 Å². The molecule has 0 radical (unpaired) electrons. The van der Waals surface area contributed by atoms with Crippen LogP contribution in [0.1, 0.15) is 50.6 Å². The van der Waals surface area contributed by atoms with Gasteiger partial charge in [0.25, 0.3) is 5.56 Å². The molecule has 2 aliphatic rings. The van der Waals surface area contributed by atoms with Gasteiger partial charge in [-0.15, -0.1) is 0 Å². The predicted octanol–water partition coefficient (Wildman–Crippen LogP) is 3.04. The molecule has 5 nitrogen and oxygen atoms in total. The Bertz CT molecular complexity index is 823. The monoisotopic (exact) mass is 339 g/mol. The van der Waals surface area contributed by atoms with Crippen molar-refractivity contribution in [3.05, 3.63) is 40.3 Å². The zero-order valence-corrected chi connectivity index (χ0v) is 14.5. The van der Waals surface area contributed by atoms with Crippen molar-refractivity contribution in [2.24, 2.45) is 5.92 Å². The molecular formula is C20H25N3O2. The first-order valence-electron chi connectivity index (χ1n) is 9.50. The minimum Gasteiger partial charge on any atom is -0.339 e. The predicted molar refractivity (Wildman–Crippen MR) is 97.4 cm³/mol. The lowest BCUT2D eigenvalue weighted by atomic mass is 9.83. The maximum atomic E-state index is 13.0. The number of fused-ring (bicyclic) bond motifs is 1. The fourth-order valence-electron chi connectivity index (χ4n) is 4.66. The van der Waals surface area contributed by atoms with Gasteiger partial charge in [-0.2, -0.15) is 5.10 Å². The first-order valence-corrected chi connectivity index (χ1v) is 9.50. The maximum absolute atomic E-state index is 13.0. The highest BCUT2D eigenvalue weighted by molar-refractivity contribution is 5.88. The van der Waals surface area contributed by atoms with Gasteiger partial charge in [-0.1, -0.05) is 37.5 Å². The van der Waals surface area contributed by atoms with Gasteiger partial charge in [-0.25, -0.2) is 5.10 Å². The molecule has 0 spiro atoms. The number of nitrogens with one attached hydrogen (secondary N) is 1. The average molecular weight is 339 g/mol. The molecule has 1 aromatic heterocycles. The molecule has 4 rings (SSSR count).